The summed E-state index contributed by atoms with van der Waals surface area (Å²) in [6, 6.07) is 0. The van der Waals surface area contributed by atoms with Crippen molar-refractivity contribution in [2.45, 2.75) is 32.6 Å². The summed E-state index contributed by atoms with van der Waals surface area (Å²) in [4.78, 5) is 4.46. The molecular formula is C11H19N3OS. The Morgan fingerprint density at radius 3 is 2.81 bits per heavy atom. The van der Waals surface area contributed by atoms with Crippen molar-refractivity contribution in [3.8, 4) is 0 Å². The van der Waals surface area contributed by atoms with Crippen LogP contribution in [0, 0.1) is 5.92 Å². The molecule has 2 rings (SSSR count). The summed E-state index contributed by atoms with van der Waals surface area (Å²) in [5.41, 5.74) is 0. The van der Waals surface area contributed by atoms with Crippen molar-refractivity contribution in [2.75, 3.05) is 25.1 Å². The first-order chi connectivity index (χ1) is 7.75. The molecule has 5 heteroatoms. The quantitative estimate of drug-likeness (QED) is 0.880. The highest BCUT2D eigenvalue weighted by Crippen LogP contribution is 2.19. The summed E-state index contributed by atoms with van der Waals surface area (Å²) in [6.45, 7) is 7.03. The Kier molecular flexibility index (Phi) is 4.12. The lowest BCUT2D eigenvalue weighted by molar-refractivity contribution is 0.0699. The third-order valence-corrected chi connectivity index (χ3v) is 3.53. The second-order valence-corrected chi connectivity index (χ2v) is 5.30. The number of anilines is 1. The maximum Gasteiger partial charge on any atom is 0.202 e. The van der Waals surface area contributed by atoms with Crippen LogP contribution in [0.5, 0.6) is 0 Å². The van der Waals surface area contributed by atoms with Crippen molar-refractivity contribution in [1.82, 2.24) is 9.36 Å². The van der Waals surface area contributed by atoms with Crippen LogP contribution >= 0.6 is 11.5 Å². The number of rotatable bonds is 4. The van der Waals surface area contributed by atoms with E-state index in [1.54, 1.807) is 0 Å². The second kappa shape index (κ2) is 5.59. The molecule has 0 aliphatic carbocycles. The minimum atomic E-state index is 0.412. The molecule has 0 bridgehead atoms. The van der Waals surface area contributed by atoms with Gasteiger partial charge in [-0.05, 0) is 18.8 Å². The van der Waals surface area contributed by atoms with Crippen LogP contribution in [0.15, 0.2) is 0 Å². The van der Waals surface area contributed by atoms with E-state index in [0.717, 1.165) is 49.5 Å². The van der Waals surface area contributed by atoms with E-state index in [2.05, 4.69) is 28.5 Å². The Bertz CT molecular complexity index is 321. The summed E-state index contributed by atoms with van der Waals surface area (Å²) in [5.74, 6) is 2.08. The van der Waals surface area contributed by atoms with E-state index in [9.17, 15) is 0 Å². The first kappa shape index (κ1) is 11.8. The van der Waals surface area contributed by atoms with E-state index in [4.69, 9.17) is 4.74 Å². The second-order valence-electron chi connectivity index (χ2n) is 4.55. The number of hydrogen-bond donors (Lipinski definition) is 1. The average molecular weight is 241 g/mol. The molecule has 0 aromatic carbocycles. The molecular weight excluding hydrogens is 222 g/mol. The summed E-state index contributed by atoms with van der Waals surface area (Å²) in [6.07, 6.45) is 2.31. The van der Waals surface area contributed by atoms with Gasteiger partial charge in [-0.25, -0.2) is 4.98 Å². The maximum atomic E-state index is 5.33. The van der Waals surface area contributed by atoms with Crippen molar-refractivity contribution in [3.63, 3.8) is 0 Å². The molecule has 90 valence electrons. The topological polar surface area (TPSA) is 47.0 Å². The predicted molar refractivity (Wildman–Crippen MR) is 66.0 cm³/mol. The number of nitrogens with one attached hydrogen (secondary N) is 1. The molecule has 0 unspecified atom stereocenters. The molecule has 1 aliphatic rings. The third kappa shape index (κ3) is 3.15. The van der Waals surface area contributed by atoms with Gasteiger partial charge in [0.15, 0.2) is 0 Å². The lowest BCUT2D eigenvalue weighted by atomic mass is 10.0. The van der Waals surface area contributed by atoms with Gasteiger partial charge in [-0.15, -0.1) is 0 Å². The van der Waals surface area contributed by atoms with Gasteiger partial charge in [0.2, 0.25) is 5.13 Å². The van der Waals surface area contributed by atoms with Crippen LogP contribution < -0.4 is 5.32 Å². The summed E-state index contributed by atoms with van der Waals surface area (Å²) < 4.78 is 9.66. The van der Waals surface area contributed by atoms with Crippen LogP contribution in [-0.4, -0.2) is 29.1 Å². The highest BCUT2D eigenvalue weighted by molar-refractivity contribution is 7.09. The van der Waals surface area contributed by atoms with Gasteiger partial charge in [0.1, 0.15) is 5.82 Å². The highest BCUT2D eigenvalue weighted by Gasteiger charge is 2.14. The number of ether oxygens (including phenoxy) is 1. The van der Waals surface area contributed by atoms with Gasteiger partial charge in [0.05, 0.1) is 0 Å². The maximum absolute atomic E-state index is 5.33. The molecule has 16 heavy (non-hydrogen) atoms. The summed E-state index contributed by atoms with van der Waals surface area (Å²) >= 11 is 1.46. The Morgan fingerprint density at radius 2 is 2.19 bits per heavy atom. The van der Waals surface area contributed by atoms with Crippen LogP contribution in [0.4, 0.5) is 5.13 Å². The van der Waals surface area contributed by atoms with Crippen LogP contribution in [0.2, 0.25) is 0 Å². The van der Waals surface area contributed by atoms with Crippen molar-refractivity contribution in [2.24, 2.45) is 5.92 Å². The number of aromatic nitrogens is 2. The third-order valence-electron chi connectivity index (χ3n) is 2.84. The lowest BCUT2D eigenvalue weighted by Gasteiger charge is -2.21. The fraction of sp³-hybridized carbons (Fsp3) is 0.818. The first-order valence-electron chi connectivity index (χ1n) is 5.91. The van der Waals surface area contributed by atoms with E-state index in [-0.39, 0.29) is 0 Å². The Hall–Kier alpha value is -0.680. The van der Waals surface area contributed by atoms with Gasteiger partial charge >= 0.3 is 0 Å². The number of nitrogens with zero attached hydrogens (tertiary/aromatic N) is 2. The molecule has 1 N–H and O–H groups in total. The summed E-state index contributed by atoms with van der Waals surface area (Å²) in [7, 11) is 0. The van der Waals surface area contributed by atoms with Crippen LogP contribution in [0.1, 0.15) is 38.4 Å². The molecule has 2 heterocycles. The van der Waals surface area contributed by atoms with E-state index in [0.29, 0.717) is 5.92 Å². The van der Waals surface area contributed by atoms with E-state index in [1.807, 2.05) is 0 Å². The molecule has 4 nitrogen and oxygen atoms in total. The molecule has 0 amide bonds. The van der Waals surface area contributed by atoms with Gasteiger partial charge in [-0.3, -0.25) is 0 Å². The zero-order chi connectivity index (χ0) is 11.4. The zero-order valence-electron chi connectivity index (χ0n) is 9.90. The van der Waals surface area contributed by atoms with Gasteiger partial charge in [-0.1, -0.05) is 13.8 Å². The van der Waals surface area contributed by atoms with E-state index in [1.165, 1.54) is 11.5 Å². The molecule has 0 radical (unpaired) electrons. The average Bonchev–Trinajstić information content (AvgIpc) is 2.76. The predicted octanol–water partition coefficient (Wildman–Crippen LogP) is 2.50. The molecule has 1 fully saturated rings. The van der Waals surface area contributed by atoms with Crippen molar-refractivity contribution < 1.29 is 4.74 Å². The van der Waals surface area contributed by atoms with E-state index >= 15 is 0 Å². The molecule has 0 spiro atoms. The van der Waals surface area contributed by atoms with Crippen molar-refractivity contribution in [3.05, 3.63) is 5.82 Å². The minimum Gasteiger partial charge on any atom is -0.381 e. The monoisotopic (exact) mass is 241 g/mol. The van der Waals surface area contributed by atoms with Gasteiger partial charge in [0.25, 0.3) is 0 Å². The molecule has 1 aromatic rings. The summed E-state index contributed by atoms with van der Waals surface area (Å²) in [5, 5.41) is 4.33. The molecule has 1 saturated heterocycles. The van der Waals surface area contributed by atoms with Crippen molar-refractivity contribution >= 4 is 16.7 Å². The number of hydrogen-bond acceptors (Lipinski definition) is 5. The van der Waals surface area contributed by atoms with Crippen LogP contribution in [0.3, 0.4) is 0 Å². The fourth-order valence-electron chi connectivity index (χ4n) is 1.72. The van der Waals surface area contributed by atoms with Gasteiger partial charge in [-0.2, -0.15) is 4.37 Å². The normalized spacial score (nSPS) is 17.9. The molecule has 0 saturated carbocycles. The van der Waals surface area contributed by atoms with Crippen molar-refractivity contribution in [1.29, 1.82) is 0 Å². The van der Waals surface area contributed by atoms with E-state index < -0.39 is 0 Å². The fourth-order valence-corrected chi connectivity index (χ4v) is 2.44. The van der Waals surface area contributed by atoms with Crippen LogP contribution in [0.25, 0.3) is 0 Å². The van der Waals surface area contributed by atoms with Gasteiger partial charge < -0.3 is 10.1 Å². The standard InChI is InChI=1S/C11H19N3OS/c1-8(2)10-13-11(16-14-10)12-7-9-3-5-15-6-4-9/h8-9H,3-7H2,1-2H3,(H,12,13,14). The molecule has 1 aromatic heterocycles. The molecule has 0 atom stereocenters. The minimum absolute atomic E-state index is 0.412. The van der Waals surface area contributed by atoms with Crippen LogP contribution in [-0.2, 0) is 4.74 Å². The first-order valence-corrected chi connectivity index (χ1v) is 6.68. The van der Waals surface area contributed by atoms with Gasteiger partial charge in [0, 0.05) is 37.2 Å². The zero-order valence-corrected chi connectivity index (χ0v) is 10.7. The molecule has 1 aliphatic heterocycles. The highest BCUT2D eigenvalue weighted by atomic mass is 32.1. The smallest absolute Gasteiger partial charge is 0.202 e. The Labute approximate surface area is 101 Å². The Morgan fingerprint density at radius 1 is 1.44 bits per heavy atom. The lowest BCUT2D eigenvalue weighted by Crippen LogP contribution is -2.22. The SMILES string of the molecule is CC(C)c1nsc(NCC2CCOCC2)n1. The largest absolute Gasteiger partial charge is 0.381 e. The Balaban J connectivity index is 1.79.